The van der Waals surface area contributed by atoms with Crippen LogP contribution in [0.5, 0.6) is 0 Å². The van der Waals surface area contributed by atoms with E-state index < -0.39 is 14.6 Å². The van der Waals surface area contributed by atoms with Gasteiger partial charge in [0.2, 0.25) is 0 Å². The zero-order chi connectivity index (χ0) is 7.15. The first-order valence-electron chi connectivity index (χ1n) is 1.41. The maximum atomic E-state index is 8.42. The Morgan fingerprint density at radius 3 is 0.556 bits per heavy atom. The molecule has 0 saturated carbocycles. The number of rotatable bonds is 0. The van der Waals surface area contributed by atoms with Gasteiger partial charge in [0, 0.05) is 0 Å². The van der Waals surface area contributed by atoms with Crippen molar-refractivity contribution in [1.82, 2.24) is 0 Å². The van der Waals surface area contributed by atoms with E-state index in [9.17, 15) is 0 Å². The Morgan fingerprint density at radius 2 is 0.556 bits per heavy atom. The van der Waals surface area contributed by atoms with Gasteiger partial charge in [-0.2, -0.15) is 0 Å². The van der Waals surface area contributed by atoms with Gasteiger partial charge < -0.3 is 30.1 Å². The minimum Gasteiger partial charge on any atom is -0.907 e. The molecule has 0 atom stereocenters. The van der Waals surface area contributed by atoms with Gasteiger partial charge >= 0.3 is 21.1 Å². The maximum absolute atomic E-state index is 8.42. The summed E-state index contributed by atoms with van der Waals surface area (Å²) in [6.07, 6.45) is 0. The van der Waals surface area contributed by atoms with E-state index in [1.165, 1.54) is 0 Å². The van der Waals surface area contributed by atoms with Crippen LogP contribution in [-0.2, 0) is 21.1 Å². The van der Waals surface area contributed by atoms with Gasteiger partial charge in [-0.3, -0.25) is 14.6 Å². The molecule has 0 rings (SSSR count). The number of hydrogen-bond donors (Lipinski definition) is 0. The standard InChI is InChI=1S/2BO3.W/c2*2-1(3)4;/q2*-3;+6. The van der Waals surface area contributed by atoms with Crippen LogP contribution in [0.3, 0.4) is 0 Å². The second-order valence-corrected chi connectivity index (χ2v) is 0.577. The fourth-order valence-corrected chi connectivity index (χ4v) is 0. The van der Waals surface area contributed by atoms with Crippen molar-refractivity contribution in [2.75, 3.05) is 0 Å². The van der Waals surface area contributed by atoms with Crippen LogP contribution in [0.4, 0.5) is 0 Å². The minimum absolute atomic E-state index is 0. The third-order valence-electron chi connectivity index (χ3n) is 0. The first kappa shape index (κ1) is 16.3. The smallest absolute Gasteiger partial charge is 0.907 e. The van der Waals surface area contributed by atoms with Crippen LogP contribution in [0.2, 0.25) is 0 Å². The summed E-state index contributed by atoms with van der Waals surface area (Å²) in [6, 6.07) is 0. The summed E-state index contributed by atoms with van der Waals surface area (Å²) in [5, 5.41) is 50.5. The predicted molar refractivity (Wildman–Crippen MR) is 11.5 cm³/mol. The van der Waals surface area contributed by atoms with Crippen molar-refractivity contribution in [3.63, 3.8) is 0 Å². The molecule has 0 aliphatic heterocycles. The van der Waals surface area contributed by atoms with Gasteiger partial charge in [0.15, 0.2) is 0 Å². The largest absolute Gasteiger partial charge is 6.00 e. The molecule has 0 unspecified atom stereocenters. The van der Waals surface area contributed by atoms with Crippen LogP contribution in [0, 0.1) is 0 Å². The van der Waals surface area contributed by atoms with Crippen molar-refractivity contribution < 1.29 is 51.2 Å². The van der Waals surface area contributed by atoms with Crippen LogP contribution in [0.25, 0.3) is 0 Å². The quantitative estimate of drug-likeness (QED) is 0.407. The molecule has 48 valence electrons. The molecule has 0 N–H and O–H groups in total. The second-order valence-electron chi connectivity index (χ2n) is 0.577. The average Bonchev–Trinajstić information content (AvgIpc) is 1.25. The topological polar surface area (TPSA) is 138 Å². The van der Waals surface area contributed by atoms with E-state index in [4.69, 9.17) is 30.1 Å². The minimum atomic E-state index is -2.92. The summed E-state index contributed by atoms with van der Waals surface area (Å²) in [6.45, 7) is 0. The van der Waals surface area contributed by atoms with Crippen molar-refractivity contribution in [2.24, 2.45) is 0 Å². The Labute approximate surface area is 66.4 Å². The zero-order valence-electron chi connectivity index (χ0n) is 4.01. The molecule has 0 saturated heterocycles. The normalized spacial score (nSPS) is 6.00. The molecule has 0 fully saturated rings. The van der Waals surface area contributed by atoms with E-state index in [1.54, 1.807) is 0 Å². The first-order valence-corrected chi connectivity index (χ1v) is 1.41. The average molecular weight is 301 g/mol. The molecular weight excluding hydrogens is 301 g/mol. The van der Waals surface area contributed by atoms with Gasteiger partial charge in [0.1, 0.15) is 0 Å². The molecule has 9 heavy (non-hydrogen) atoms. The summed E-state index contributed by atoms with van der Waals surface area (Å²) in [7, 11) is -5.83. The molecule has 0 amide bonds. The van der Waals surface area contributed by atoms with Gasteiger partial charge in [-0.05, 0) is 0 Å². The van der Waals surface area contributed by atoms with Gasteiger partial charge in [-0.25, -0.2) is 0 Å². The molecule has 0 aliphatic carbocycles. The van der Waals surface area contributed by atoms with E-state index in [0.717, 1.165) is 0 Å². The van der Waals surface area contributed by atoms with E-state index >= 15 is 0 Å². The van der Waals surface area contributed by atoms with E-state index in [-0.39, 0.29) is 21.1 Å². The number of hydrogen-bond acceptors (Lipinski definition) is 6. The van der Waals surface area contributed by atoms with Gasteiger partial charge in [-0.15, -0.1) is 0 Å². The van der Waals surface area contributed by atoms with Crippen molar-refractivity contribution in [3.8, 4) is 0 Å². The molecule has 6 nitrogen and oxygen atoms in total. The summed E-state index contributed by atoms with van der Waals surface area (Å²) in [5.41, 5.74) is 0. The molecule has 0 aromatic rings. The van der Waals surface area contributed by atoms with E-state index in [1.807, 2.05) is 0 Å². The molecule has 0 heterocycles. The Balaban J connectivity index is -0.0000000720. The van der Waals surface area contributed by atoms with E-state index in [0.29, 0.717) is 0 Å². The van der Waals surface area contributed by atoms with Crippen LogP contribution < -0.4 is 30.1 Å². The predicted octanol–water partition coefficient (Wildman–Crippen LogP) is -7.90. The monoisotopic (exact) mass is 302 g/mol. The summed E-state index contributed by atoms with van der Waals surface area (Å²) < 4.78 is 0. The Bertz CT molecular complexity index is 26.5. The van der Waals surface area contributed by atoms with Crippen LogP contribution in [0.1, 0.15) is 0 Å². The molecule has 0 aliphatic rings. The van der Waals surface area contributed by atoms with Gasteiger partial charge in [0.25, 0.3) is 0 Å². The van der Waals surface area contributed by atoms with Crippen molar-refractivity contribution in [3.05, 3.63) is 0 Å². The van der Waals surface area contributed by atoms with Crippen LogP contribution in [0.15, 0.2) is 0 Å². The fraction of sp³-hybridized carbons (Fsp3) is 0. The van der Waals surface area contributed by atoms with E-state index in [2.05, 4.69) is 0 Å². The summed E-state index contributed by atoms with van der Waals surface area (Å²) in [4.78, 5) is 0. The third kappa shape index (κ3) is 1110. The fourth-order valence-electron chi connectivity index (χ4n) is 0. The Morgan fingerprint density at radius 1 is 0.556 bits per heavy atom. The van der Waals surface area contributed by atoms with Crippen LogP contribution in [-0.4, -0.2) is 14.6 Å². The first-order chi connectivity index (χ1) is 3.46. The third-order valence-corrected chi connectivity index (χ3v) is 0. The molecule has 0 aromatic carbocycles. The molecule has 0 bridgehead atoms. The van der Waals surface area contributed by atoms with Crippen molar-refractivity contribution in [1.29, 1.82) is 0 Å². The Hall–Kier alpha value is 0.578. The molecule has 0 radical (unpaired) electrons. The summed E-state index contributed by atoms with van der Waals surface area (Å²) in [5.74, 6) is 0. The Kier molecular flexibility index (Phi) is 20.6. The van der Waals surface area contributed by atoms with Gasteiger partial charge in [0.05, 0.1) is 0 Å². The molecule has 9 heteroatoms. The van der Waals surface area contributed by atoms with Gasteiger partial charge in [-0.1, -0.05) is 0 Å². The summed E-state index contributed by atoms with van der Waals surface area (Å²) >= 11 is 0. The molecular formula is B2O6W. The molecule has 0 aromatic heterocycles. The van der Waals surface area contributed by atoms with Crippen molar-refractivity contribution in [2.45, 2.75) is 0 Å². The van der Waals surface area contributed by atoms with Crippen molar-refractivity contribution >= 4 is 14.6 Å². The van der Waals surface area contributed by atoms with Crippen LogP contribution >= 0.6 is 0 Å². The zero-order valence-corrected chi connectivity index (χ0v) is 6.95. The second kappa shape index (κ2) is 11.4. The molecule has 0 spiro atoms. The maximum Gasteiger partial charge on any atom is 6.00 e. The SMILES string of the molecule is [O-]B([O-])[O-].[O-]B([O-])[O-].[W+6].